The van der Waals surface area contributed by atoms with Crippen molar-refractivity contribution >= 4 is 17.7 Å². The summed E-state index contributed by atoms with van der Waals surface area (Å²) in [5, 5.41) is 0. The minimum absolute atomic E-state index is 0.0611. The molecule has 0 bridgehead atoms. The number of ether oxygens (including phenoxy) is 2. The highest BCUT2D eigenvalue weighted by Crippen LogP contribution is 2.47. The number of likely N-dealkylation sites (tertiary alicyclic amines) is 1. The van der Waals surface area contributed by atoms with Crippen molar-refractivity contribution in [2.75, 3.05) is 26.2 Å². The zero-order chi connectivity index (χ0) is 24.6. The zero-order valence-electron chi connectivity index (χ0n) is 21.1. The Labute approximate surface area is 212 Å². The van der Waals surface area contributed by atoms with Gasteiger partial charge in [0.05, 0.1) is 13.0 Å². The fraction of sp³-hybridized carbons (Fsp3) is 0.552. The molecule has 4 nitrogen and oxygen atoms in total. The van der Waals surface area contributed by atoms with Crippen LogP contribution < -0.4 is 4.74 Å². The van der Waals surface area contributed by atoms with E-state index in [-0.39, 0.29) is 17.2 Å². The second-order valence-electron chi connectivity index (χ2n) is 11.3. The molecule has 3 aliphatic rings. The van der Waals surface area contributed by atoms with E-state index in [9.17, 15) is 9.18 Å². The summed E-state index contributed by atoms with van der Waals surface area (Å²) in [6.07, 6.45) is 4.84. The molecule has 0 radical (unpaired) electrons. The van der Waals surface area contributed by atoms with Crippen molar-refractivity contribution < 1.29 is 18.7 Å². The van der Waals surface area contributed by atoms with E-state index in [0.29, 0.717) is 18.1 Å². The lowest BCUT2D eigenvalue weighted by molar-refractivity contribution is -0.155. The van der Waals surface area contributed by atoms with E-state index >= 15 is 0 Å². The van der Waals surface area contributed by atoms with Gasteiger partial charge in [0, 0.05) is 33.7 Å². The monoisotopic (exact) mass is 497 g/mol. The predicted molar refractivity (Wildman–Crippen MR) is 138 cm³/mol. The highest BCUT2D eigenvalue weighted by atomic mass is 32.2. The van der Waals surface area contributed by atoms with Gasteiger partial charge in [-0.05, 0) is 89.2 Å². The Hall–Kier alpha value is -2.05. The van der Waals surface area contributed by atoms with Crippen LogP contribution in [0.5, 0.6) is 5.75 Å². The predicted octanol–water partition coefficient (Wildman–Crippen LogP) is 6.45. The molecule has 35 heavy (non-hydrogen) atoms. The van der Waals surface area contributed by atoms with Crippen LogP contribution in [0.1, 0.15) is 75.5 Å². The van der Waals surface area contributed by atoms with E-state index in [1.165, 1.54) is 24.0 Å². The molecule has 2 heterocycles. The molecule has 0 amide bonds. The molecule has 1 aliphatic carbocycles. The molecule has 0 aromatic heterocycles. The maximum Gasteiger partial charge on any atom is 0.307 e. The second kappa shape index (κ2) is 9.78. The molecule has 2 aromatic carbocycles. The quantitative estimate of drug-likeness (QED) is 0.325. The third-order valence-electron chi connectivity index (χ3n) is 7.45. The minimum Gasteiger partial charge on any atom is -0.492 e. The van der Waals surface area contributed by atoms with Gasteiger partial charge in [0.1, 0.15) is 17.2 Å². The molecular weight excluding hydrogens is 461 g/mol. The lowest BCUT2D eigenvalue weighted by Crippen LogP contribution is -2.44. The molecule has 1 saturated carbocycles. The van der Waals surface area contributed by atoms with Crippen LogP contribution in [-0.4, -0.2) is 42.7 Å². The van der Waals surface area contributed by atoms with Crippen LogP contribution in [0.2, 0.25) is 0 Å². The maximum absolute atomic E-state index is 14.5. The number of benzene rings is 2. The van der Waals surface area contributed by atoms with Gasteiger partial charge in [0.15, 0.2) is 0 Å². The van der Waals surface area contributed by atoms with Crippen LogP contribution in [-0.2, 0) is 20.7 Å². The first-order valence-electron chi connectivity index (χ1n) is 12.8. The fourth-order valence-corrected chi connectivity index (χ4v) is 6.33. The SMILES string of the molecule is CC(C)(C)OC(=O)CCN1CCC2(CC1)COc1cc(SCc3c(F)cccc3C3CC3)ccc12. The van der Waals surface area contributed by atoms with Gasteiger partial charge in [0.25, 0.3) is 0 Å². The van der Waals surface area contributed by atoms with Gasteiger partial charge in [0.2, 0.25) is 0 Å². The summed E-state index contributed by atoms with van der Waals surface area (Å²) in [6.45, 7) is 9.09. The zero-order valence-corrected chi connectivity index (χ0v) is 21.9. The molecule has 2 aliphatic heterocycles. The number of piperidine rings is 1. The standard InChI is InChI=1S/C29H36FNO3S/c1-28(2,3)34-27(32)11-14-31-15-12-29(13-16-31)19-33-26-17-21(9-10-24(26)29)35-18-23-22(20-7-8-20)5-4-6-25(23)30/h4-6,9-10,17,20H,7-8,11-16,18-19H2,1-3H3. The molecular formula is C29H36FNO3S. The molecule has 0 N–H and O–H groups in total. The summed E-state index contributed by atoms with van der Waals surface area (Å²) < 4.78 is 26.2. The van der Waals surface area contributed by atoms with Gasteiger partial charge in [-0.15, -0.1) is 11.8 Å². The van der Waals surface area contributed by atoms with Gasteiger partial charge < -0.3 is 14.4 Å². The summed E-state index contributed by atoms with van der Waals surface area (Å²) in [6, 6.07) is 12.0. The number of thioether (sulfide) groups is 1. The van der Waals surface area contributed by atoms with Crippen molar-refractivity contribution in [3.05, 3.63) is 58.9 Å². The molecule has 0 unspecified atom stereocenters. The van der Waals surface area contributed by atoms with Crippen molar-refractivity contribution in [2.24, 2.45) is 0 Å². The Morgan fingerprint density at radius 1 is 1.20 bits per heavy atom. The number of hydrogen-bond acceptors (Lipinski definition) is 5. The molecule has 188 valence electrons. The third-order valence-corrected chi connectivity index (χ3v) is 8.47. The van der Waals surface area contributed by atoms with Crippen molar-refractivity contribution in [3.8, 4) is 5.75 Å². The van der Waals surface area contributed by atoms with Crippen LogP contribution >= 0.6 is 11.8 Å². The van der Waals surface area contributed by atoms with Gasteiger partial charge in [-0.2, -0.15) is 0 Å². The number of carbonyl (C=O) groups excluding carboxylic acids is 1. The summed E-state index contributed by atoms with van der Waals surface area (Å²) >= 11 is 1.69. The second-order valence-corrected chi connectivity index (χ2v) is 12.3. The molecule has 0 atom stereocenters. The molecule has 2 aromatic rings. The van der Waals surface area contributed by atoms with Gasteiger partial charge >= 0.3 is 5.97 Å². The van der Waals surface area contributed by atoms with E-state index in [4.69, 9.17) is 9.47 Å². The third kappa shape index (κ3) is 5.69. The van der Waals surface area contributed by atoms with Crippen molar-refractivity contribution in [2.45, 2.75) is 80.5 Å². The summed E-state index contributed by atoms with van der Waals surface area (Å²) in [5.41, 5.74) is 2.98. The average molecular weight is 498 g/mol. The first-order valence-corrected chi connectivity index (χ1v) is 13.8. The smallest absolute Gasteiger partial charge is 0.307 e. The van der Waals surface area contributed by atoms with E-state index < -0.39 is 5.60 Å². The number of fused-ring (bicyclic) bond motifs is 2. The normalized spacial score (nSPS) is 19.4. The number of carbonyl (C=O) groups is 1. The van der Waals surface area contributed by atoms with Crippen LogP contribution in [0.25, 0.3) is 0 Å². The van der Waals surface area contributed by atoms with Crippen LogP contribution in [0.3, 0.4) is 0 Å². The molecule has 6 heteroatoms. The Kier molecular flexibility index (Phi) is 6.88. The number of hydrogen-bond donors (Lipinski definition) is 0. The highest BCUT2D eigenvalue weighted by molar-refractivity contribution is 7.98. The van der Waals surface area contributed by atoms with Crippen molar-refractivity contribution in [3.63, 3.8) is 0 Å². The summed E-state index contributed by atoms with van der Waals surface area (Å²) in [4.78, 5) is 15.6. The first kappa shape index (κ1) is 24.6. The van der Waals surface area contributed by atoms with E-state index in [1.807, 2.05) is 26.8 Å². The summed E-state index contributed by atoms with van der Waals surface area (Å²) in [5.74, 6) is 1.95. The van der Waals surface area contributed by atoms with E-state index in [0.717, 1.165) is 55.3 Å². The Morgan fingerprint density at radius 3 is 2.69 bits per heavy atom. The number of halogens is 1. The Morgan fingerprint density at radius 2 is 1.97 bits per heavy atom. The largest absolute Gasteiger partial charge is 0.492 e. The molecule has 5 rings (SSSR count). The van der Waals surface area contributed by atoms with Crippen LogP contribution in [0.4, 0.5) is 4.39 Å². The van der Waals surface area contributed by atoms with Gasteiger partial charge in [-0.3, -0.25) is 4.79 Å². The fourth-order valence-electron chi connectivity index (χ4n) is 5.36. The highest BCUT2D eigenvalue weighted by Gasteiger charge is 2.43. The summed E-state index contributed by atoms with van der Waals surface area (Å²) in [7, 11) is 0. The lowest BCUT2D eigenvalue weighted by atomic mass is 9.74. The maximum atomic E-state index is 14.5. The Bertz CT molecular complexity index is 1080. The Balaban J connectivity index is 1.18. The molecule has 1 saturated heterocycles. The average Bonchev–Trinajstić information content (AvgIpc) is 3.60. The van der Waals surface area contributed by atoms with Crippen LogP contribution in [0.15, 0.2) is 41.3 Å². The first-order chi connectivity index (χ1) is 16.7. The number of nitrogens with zero attached hydrogens (tertiary/aromatic N) is 1. The minimum atomic E-state index is -0.431. The van der Waals surface area contributed by atoms with Gasteiger partial charge in [-0.25, -0.2) is 4.39 Å². The number of esters is 1. The van der Waals surface area contributed by atoms with Crippen LogP contribution in [0, 0.1) is 5.82 Å². The number of rotatable bonds is 7. The molecule has 1 spiro atoms. The van der Waals surface area contributed by atoms with E-state index in [1.54, 1.807) is 17.8 Å². The van der Waals surface area contributed by atoms with Crippen molar-refractivity contribution in [1.82, 2.24) is 4.90 Å². The van der Waals surface area contributed by atoms with Crippen molar-refractivity contribution in [1.29, 1.82) is 0 Å². The van der Waals surface area contributed by atoms with Gasteiger partial charge in [-0.1, -0.05) is 18.2 Å². The van der Waals surface area contributed by atoms with E-state index in [2.05, 4.69) is 29.2 Å². The lowest BCUT2D eigenvalue weighted by Gasteiger charge is -2.38. The molecule has 2 fully saturated rings. The topological polar surface area (TPSA) is 38.8 Å².